The average molecular weight is 321 g/mol. The zero-order chi connectivity index (χ0) is 16.4. The Kier molecular flexibility index (Phi) is 4.28. The first-order valence-electron chi connectivity index (χ1n) is 8.64. The maximum atomic E-state index is 4.93. The maximum Gasteiger partial charge on any atom is 0.140 e. The van der Waals surface area contributed by atoms with Gasteiger partial charge in [0.25, 0.3) is 0 Å². The molecule has 0 spiro atoms. The number of aromatic nitrogens is 3. The van der Waals surface area contributed by atoms with Crippen LogP contribution in [0.25, 0.3) is 17.0 Å². The van der Waals surface area contributed by atoms with Crippen molar-refractivity contribution >= 4 is 5.65 Å². The van der Waals surface area contributed by atoms with Crippen LogP contribution in [0.4, 0.5) is 0 Å². The zero-order valence-corrected chi connectivity index (χ0v) is 14.1. The summed E-state index contributed by atoms with van der Waals surface area (Å²) in [6.07, 6.45) is 5.15. The number of nitrogens with zero attached hydrogens (tertiary/aromatic N) is 4. The number of rotatable bonds is 3. The molecular formula is C19H23N5. The standard InChI is InChI=1S/C19H23N5/c1-15-6-4-12-24-17(14-23-11-5-8-20-10-13-23)18(22-19(15)24)16-7-2-3-9-21-16/h2-4,6-7,9,12,20H,5,8,10-11,13-14H2,1H3. The van der Waals surface area contributed by atoms with Gasteiger partial charge in [-0.1, -0.05) is 12.1 Å². The maximum absolute atomic E-state index is 4.93. The Morgan fingerprint density at radius 3 is 2.96 bits per heavy atom. The van der Waals surface area contributed by atoms with Crippen molar-refractivity contribution in [3.63, 3.8) is 0 Å². The van der Waals surface area contributed by atoms with Gasteiger partial charge in [0, 0.05) is 32.0 Å². The summed E-state index contributed by atoms with van der Waals surface area (Å²) in [4.78, 5) is 12.0. The Labute approximate surface area is 142 Å². The van der Waals surface area contributed by atoms with Crippen molar-refractivity contribution < 1.29 is 0 Å². The third kappa shape index (κ3) is 2.92. The van der Waals surface area contributed by atoms with Gasteiger partial charge in [-0.2, -0.15) is 0 Å². The van der Waals surface area contributed by atoms with Gasteiger partial charge >= 0.3 is 0 Å². The van der Waals surface area contributed by atoms with Gasteiger partial charge in [-0.25, -0.2) is 4.98 Å². The predicted octanol–water partition coefficient (Wildman–Crippen LogP) is 2.50. The van der Waals surface area contributed by atoms with Crippen molar-refractivity contribution in [1.29, 1.82) is 0 Å². The third-order valence-electron chi connectivity index (χ3n) is 4.66. The van der Waals surface area contributed by atoms with E-state index in [1.807, 2.05) is 24.4 Å². The number of pyridine rings is 2. The first-order valence-corrected chi connectivity index (χ1v) is 8.64. The highest BCUT2D eigenvalue weighted by Gasteiger charge is 2.19. The summed E-state index contributed by atoms with van der Waals surface area (Å²) in [7, 11) is 0. The molecule has 4 rings (SSSR count). The summed E-state index contributed by atoms with van der Waals surface area (Å²) < 4.78 is 2.23. The molecule has 0 amide bonds. The molecule has 0 saturated carbocycles. The molecule has 0 aliphatic carbocycles. The van der Waals surface area contributed by atoms with Crippen molar-refractivity contribution in [3.8, 4) is 11.4 Å². The Balaban J connectivity index is 1.80. The summed E-state index contributed by atoms with van der Waals surface area (Å²) in [6, 6.07) is 10.2. The molecule has 1 aliphatic heterocycles. The Hall–Kier alpha value is -2.24. The minimum atomic E-state index is 0.901. The van der Waals surface area contributed by atoms with E-state index in [1.54, 1.807) is 0 Å². The van der Waals surface area contributed by atoms with E-state index in [0.29, 0.717) is 0 Å². The Morgan fingerprint density at radius 1 is 1.12 bits per heavy atom. The van der Waals surface area contributed by atoms with Crippen LogP contribution in [0.5, 0.6) is 0 Å². The van der Waals surface area contributed by atoms with E-state index in [4.69, 9.17) is 4.98 Å². The second-order valence-electron chi connectivity index (χ2n) is 6.39. The molecule has 0 bridgehead atoms. The SMILES string of the molecule is Cc1cccn2c(CN3CCCNCC3)c(-c3ccccn3)nc12. The molecule has 1 saturated heterocycles. The molecule has 0 aromatic carbocycles. The van der Waals surface area contributed by atoms with E-state index >= 15 is 0 Å². The molecule has 1 fully saturated rings. The molecule has 0 atom stereocenters. The number of hydrogen-bond acceptors (Lipinski definition) is 4. The first-order chi connectivity index (χ1) is 11.8. The van der Waals surface area contributed by atoms with Crippen molar-refractivity contribution in [2.75, 3.05) is 26.2 Å². The molecule has 1 N–H and O–H groups in total. The van der Waals surface area contributed by atoms with Crippen molar-refractivity contribution in [2.45, 2.75) is 19.9 Å². The summed E-state index contributed by atoms with van der Waals surface area (Å²) >= 11 is 0. The van der Waals surface area contributed by atoms with Gasteiger partial charge in [0.05, 0.1) is 11.4 Å². The molecule has 24 heavy (non-hydrogen) atoms. The van der Waals surface area contributed by atoms with E-state index in [0.717, 1.165) is 49.8 Å². The second-order valence-corrected chi connectivity index (χ2v) is 6.39. The summed E-state index contributed by atoms with van der Waals surface area (Å²) in [5.74, 6) is 0. The van der Waals surface area contributed by atoms with Crippen LogP contribution < -0.4 is 5.32 Å². The number of nitrogens with one attached hydrogen (secondary N) is 1. The van der Waals surface area contributed by atoms with Crippen LogP contribution in [-0.2, 0) is 6.54 Å². The van der Waals surface area contributed by atoms with Gasteiger partial charge in [-0.3, -0.25) is 9.88 Å². The summed E-state index contributed by atoms with van der Waals surface area (Å²) in [6.45, 7) is 7.36. The minimum absolute atomic E-state index is 0.901. The lowest BCUT2D eigenvalue weighted by Gasteiger charge is -2.19. The Morgan fingerprint density at radius 2 is 2.08 bits per heavy atom. The molecule has 4 heterocycles. The molecule has 1 aliphatic rings. The van der Waals surface area contributed by atoms with Crippen LogP contribution in [0.2, 0.25) is 0 Å². The van der Waals surface area contributed by atoms with Crippen LogP contribution in [-0.4, -0.2) is 45.4 Å². The van der Waals surface area contributed by atoms with Crippen LogP contribution in [0.3, 0.4) is 0 Å². The number of fused-ring (bicyclic) bond motifs is 1. The van der Waals surface area contributed by atoms with Crippen LogP contribution in [0.15, 0.2) is 42.7 Å². The fraction of sp³-hybridized carbons (Fsp3) is 0.368. The van der Waals surface area contributed by atoms with Gasteiger partial charge < -0.3 is 9.72 Å². The molecular weight excluding hydrogens is 298 g/mol. The summed E-state index contributed by atoms with van der Waals surface area (Å²) in [5.41, 5.74) is 5.40. The Bertz CT molecular complexity index is 816. The molecule has 0 radical (unpaired) electrons. The number of aryl methyl sites for hydroxylation is 1. The van der Waals surface area contributed by atoms with E-state index in [9.17, 15) is 0 Å². The number of imidazole rings is 1. The van der Waals surface area contributed by atoms with E-state index < -0.39 is 0 Å². The quantitative estimate of drug-likeness (QED) is 0.805. The second kappa shape index (κ2) is 6.71. The molecule has 5 heteroatoms. The molecule has 0 unspecified atom stereocenters. The van der Waals surface area contributed by atoms with Crippen molar-refractivity contribution in [2.24, 2.45) is 0 Å². The fourth-order valence-electron chi connectivity index (χ4n) is 3.38. The smallest absolute Gasteiger partial charge is 0.140 e. The highest BCUT2D eigenvalue weighted by molar-refractivity contribution is 5.65. The number of hydrogen-bond donors (Lipinski definition) is 1. The first kappa shape index (κ1) is 15.3. The monoisotopic (exact) mass is 321 g/mol. The largest absolute Gasteiger partial charge is 0.315 e. The van der Waals surface area contributed by atoms with Crippen LogP contribution in [0, 0.1) is 6.92 Å². The topological polar surface area (TPSA) is 45.5 Å². The van der Waals surface area contributed by atoms with Gasteiger partial charge in [0.1, 0.15) is 11.3 Å². The fourth-order valence-corrected chi connectivity index (χ4v) is 3.38. The minimum Gasteiger partial charge on any atom is -0.315 e. The van der Waals surface area contributed by atoms with E-state index in [-0.39, 0.29) is 0 Å². The zero-order valence-electron chi connectivity index (χ0n) is 14.1. The van der Waals surface area contributed by atoms with Gasteiger partial charge in [0.15, 0.2) is 0 Å². The van der Waals surface area contributed by atoms with E-state index in [2.05, 4.69) is 44.9 Å². The normalized spacial score (nSPS) is 16.4. The highest BCUT2D eigenvalue weighted by atomic mass is 15.2. The molecule has 124 valence electrons. The molecule has 3 aromatic rings. The molecule has 3 aromatic heterocycles. The highest BCUT2D eigenvalue weighted by Crippen LogP contribution is 2.25. The average Bonchev–Trinajstić information content (AvgIpc) is 2.79. The summed E-state index contributed by atoms with van der Waals surface area (Å²) in [5, 5.41) is 3.47. The predicted molar refractivity (Wildman–Crippen MR) is 95.9 cm³/mol. The van der Waals surface area contributed by atoms with Crippen molar-refractivity contribution in [3.05, 3.63) is 54.0 Å². The lowest BCUT2D eigenvalue weighted by molar-refractivity contribution is 0.280. The van der Waals surface area contributed by atoms with Crippen molar-refractivity contribution in [1.82, 2.24) is 24.6 Å². The third-order valence-corrected chi connectivity index (χ3v) is 4.66. The lowest BCUT2D eigenvalue weighted by atomic mass is 10.2. The molecule has 5 nitrogen and oxygen atoms in total. The van der Waals surface area contributed by atoms with Crippen LogP contribution in [0.1, 0.15) is 17.7 Å². The van der Waals surface area contributed by atoms with Gasteiger partial charge in [0.2, 0.25) is 0 Å². The van der Waals surface area contributed by atoms with E-state index in [1.165, 1.54) is 17.7 Å². The van der Waals surface area contributed by atoms with Gasteiger partial charge in [-0.15, -0.1) is 0 Å². The van der Waals surface area contributed by atoms with Gasteiger partial charge in [-0.05, 0) is 50.2 Å². The lowest BCUT2D eigenvalue weighted by Crippen LogP contribution is -2.28. The van der Waals surface area contributed by atoms with Crippen LogP contribution >= 0.6 is 0 Å².